The Morgan fingerprint density at radius 3 is 2.33 bits per heavy atom. The number of carbonyl (C=O) groups excluding carboxylic acids is 1. The van der Waals surface area contributed by atoms with E-state index in [1.807, 2.05) is 33.2 Å². The summed E-state index contributed by atoms with van der Waals surface area (Å²) in [5.74, 6) is 1.38. The number of aryl methyl sites for hydroxylation is 1. The summed E-state index contributed by atoms with van der Waals surface area (Å²) in [7, 11) is 7.31. The van der Waals surface area contributed by atoms with Crippen LogP contribution in [0.25, 0.3) is 10.2 Å². The minimum Gasteiger partial charge on any atom is -0.497 e. The first kappa shape index (κ1) is 23.9. The summed E-state index contributed by atoms with van der Waals surface area (Å²) < 4.78 is 11.7. The van der Waals surface area contributed by atoms with E-state index in [-0.39, 0.29) is 18.3 Å². The molecule has 0 unspecified atom stereocenters. The fraction of sp³-hybridized carbons (Fsp3) is 0.364. The van der Waals surface area contributed by atoms with Gasteiger partial charge in [-0.05, 0) is 69.9 Å². The predicted molar refractivity (Wildman–Crippen MR) is 126 cm³/mol. The Bertz CT molecular complexity index is 989. The van der Waals surface area contributed by atoms with Gasteiger partial charge in [0, 0.05) is 12.1 Å². The molecule has 0 saturated carbocycles. The van der Waals surface area contributed by atoms with E-state index in [9.17, 15) is 4.79 Å². The van der Waals surface area contributed by atoms with Crippen LogP contribution in [0.1, 0.15) is 22.3 Å². The average molecular weight is 450 g/mol. The number of carbonyl (C=O) groups is 1. The summed E-state index contributed by atoms with van der Waals surface area (Å²) in [4.78, 5) is 22.0. The number of methoxy groups -OCH3 is 2. The van der Waals surface area contributed by atoms with Gasteiger partial charge < -0.3 is 14.4 Å². The molecule has 0 atom stereocenters. The molecule has 3 rings (SSSR count). The van der Waals surface area contributed by atoms with Crippen LogP contribution in [0.15, 0.2) is 36.4 Å². The van der Waals surface area contributed by atoms with E-state index in [1.54, 1.807) is 43.4 Å². The Labute approximate surface area is 187 Å². The molecule has 0 radical (unpaired) electrons. The Morgan fingerprint density at radius 1 is 1.03 bits per heavy atom. The van der Waals surface area contributed by atoms with Gasteiger partial charge in [-0.25, -0.2) is 4.98 Å². The summed E-state index contributed by atoms with van der Waals surface area (Å²) in [6.07, 6.45) is 0.848. The third-order valence-corrected chi connectivity index (χ3v) is 5.93. The van der Waals surface area contributed by atoms with Crippen LogP contribution >= 0.6 is 23.7 Å². The molecule has 0 aliphatic carbocycles. The third-order valence-electron chi connectivity index (χ3n) is 4.71. The van der Waals surface area contributed by atoms with Gasteiger partial charge in [-0.1, -0.05) is 17.4 Å². The van der Waals surface area contributed by atoms with Crippen LogP contribution in [0.5, 0.6) is 11.5 Å². The van der Waals surface area contributed by atoms with Crippen LogP contribution in [0.2, 0.25) is 0 Å². The zero-order valence-electron chi connectivity index (χ0n) is 18.0. The minimum atomic E-state index is -0.0675. The lowest BCUT2D eigenvalue weighted by atomic mass is 10.2. The first-order chi connectivity index (χ1) is 13.9. The van der Waals surface area contributed by atoms with Crippen molar-refractivity contribution < 1.29 is 14.3 Å². The van der Waals surface area contributed by atoms with Gasteiger partial charge in [-0.15, -0.1) is 12.4 Å². The molecular formula is C22H28ClN3O3S. The molecule has 0 spiro atoms. The highest BCUT2D eigenvalue weighted by atomic mass is 35.5. The second-order valence-electron chi connectivity index (χ2n) is 7.10. The second-order valence-corrected chi connectivity index (χ2v) is 8.08. The molecule has 1 heterocycles. The van der Waals surface area contributed by atoms with Crippen molar-refractivity contribution in [2.75, 3.05) is 46.3 Å². The average Bonchev–Trinajstić information content (AvgIpc) is 3.17. The van der Waals surface area contributed by atoms with Crippen LogP contribution in [0.3, 0.4) is 0 Å². The molecule has 0 aliphatic rings. The quantitative estimate of drug-likeness (QED) is 0.501. The largest absolute Gasteiger partial charge is 0.497 e. The van der Waals surface area contributed by atoms with Crippen molar-refractivity contribution in [2.24, 2.45) is 0 Å². The molecule has 0 bridgehead atoms. The van der Waals surface area contributed by atoms with Crippen LogP contribution in [-0.4, -0.2) is 57.2 Å². The number of nitrogens with zero attached hydrogens (tertiary/aromatic N) is 3. The highest BCUT2D eigenvalue weighted by Gasteiger charge is 2.22. The lowest BCUT2D eigenvalue weighted by Gasteiger charge is -2.21. The number of aromatic nitrogens is 1. The number of fused-ring (bicyclic) bond motifs is 1. The van der Waals surface area contributed by atoms with Crippen LogP contribution < -0.4 is 14.4 Å². The number of rotatable bonds is 8. The molecule has 3 aromatic rings. The number of hydrogen-bond acceptors (Lipinski definition) is 6. The predicted octanol–water partition coefficient (Wildman–Crippen LogP) is 4.64. The lowest BCUT2D eigenvalue weighted by Crippen LogP contribution is -2.33. The van der Waals surface area contributed by atoms with Gasteiger partial charge in [0.05, 0.1) is 18.9 Å². The smallest absolute Gasteiger partial charge is 0.260 e. The van der Waals surface area contributed by atoms with Gasteiger partial charge in [0.2, 0.25) is 0 Å². The standard InChI is InChI=1S/C22H27N3O3S.ClH/c1-15-7-12-18(28-5)19-20(15)29-22(23-19)25(14-6-13-24(2)3)21(26)16-8-10-17(27-4)11-9-16;/h7-12H,6,13-14H2,1-5H3;1H. The number of thiazole rings is 1. The van der Waals surface area contributed by atoms with Crippen LogP contribution in [-0.2, 0) is 0 Å². The van der Waals surface area contributed by atoms with Gasteiger partial charge in [0.1, 0.15) is 17.0 Å². The maximum Gasteiger partial charge on any atom is 0.260 e. The Kier molecular flexibility index (Phi) is 8.46. The van der Waals surface area contributed by atoms with E-state index in [1.165, 1.54) is 11.3 Å². The summed E-state index contributed by atoms with van der Waals surface area (Å²) in [5.41, 5.74) is 2.53. The third kappa shape index (κ3) is 5.22. The Hall–Kier alpha value is -2.35. The highest BCUT2D eigenvalue weighted by Crippen LogP contribution is 2.37. The maximum absolute atomic E-state index is 13.3. The Morgan fingerprint density at radius 2 is 1.73 bits per heavy atom. The zero-order valence-corrected chi connectivity index (χ0v) is 19.6. The van der Waals surface area contributed by atoms with Gasteiger partial charge in [-0.2, -0.15) is 0 Å². The number of halogens is 1. The summed E-state index contributed by atoms with van der Waals surface area (Å²) in [5, 5.41) is 0.687. The summed E-state index contributed by atoms with van der Waals surface area (Å²) >= 11 is 1.53. The molecule has 0 fully saturated rings. The van der Waals surface area contributed by atoms with Gasteiger partial charge >= 0.3 is 0 Å². The molecule has 30 heavy (non-hydrogen) atoms. The molecule has 162 valence electrons. The van der Waals surface area contributed by atoms with Crippen molar-refractivity contribution in [3.05, 3.63) is 47.5 Å². The molecule has 0 aliphatic heterocycles. The fourth-order valence-corrected chi connectivity index (χ4v) is 4.17. The number of benzene rings is 2. The van der Waals surface area contributed by atoms with Crippen molar-refractivity contribution in [3.63, 3.8) is 0 Å². The number of ether oxygens (including phenoxy) is 2. The zero-order chi connectivity index (χ0) is 21.0. The van der Waals surface area contributed by atoms with E-state index in [0.29, 0.717) is 17.2 Å². The van der Waals surface area contributed by atoms with E-state index in [4.69, 9.17) is 14.5 Å². The van der Waals surface area contributed by atoms with Gasteiger partial charge in [-0.3, -0.25) is 9.69 Å². The van der Waals surface area contributed by atoms with Crippen LogP contribution in [0.4, 0.5) is 5.13 Å². The monoisotopic (exact) mass is 449 g/mol. The topological polar surface area (TPSA) is 54.9 Å². The molecule has 1 amide bonds. The molecule has 8 heteroatoms. The van der Waals surface area contributed by atoms with E-state index in [0.717, 1.165) is 40.2 Å². The maximum atomic E-state index is 13.3. The van der Waals surface area contributed by atoms with E-state index < -0.39 is 0 Å². The number of anilines is 1. The van der Waals surface area contributed by atoms with Crippen molar-refractivity contribution >= 4 is 45.0 Å². The van der Waals surface area contributed by atoms with Crippen molar-refractivity contribution in [3.8, 4) is 11.5 Å². The molecule has 6 nitrogen and oxygen atoms in total. The van der Waals surface area contributed by atoms with Gasteiger partial charge in [0.15, 0.2) is 5.13 Å². The normalized spacial score (nSPS) is 10.7. The van der Waals surface area contributed by atoms with Crippen LogP contribution in [0, 0.1) is 6.92 Å². The Balaban J connectivity index is 0.00000320. The van der Waals surface area contributed by atoms with E-state index in [2.05, 4.69) is 4.90 Å². The van der Waals surface area contributed by atoms with Crippen molar-refractivity contribution in [1.82, 2.24) is 9.88 Å². The van der Waals surface area contributed by atoms with Gasteiger partial charge in [0.25, 0.3) is 5.91 Å². The fourth-order valence-electron chi connectivity index (χ4n) is 3.10. The summed E-state index contributed by atoms with van der Waals surface area (Å²) in [6, 6.07) is 11.1. The summed E-state index contributed by atoms with van der Waals surface area (Å²) in [6.45, 7) is 3.52. The number of hydrogen-bond donors (Lipinski definition) is 0. The highest BCUT2D eigenvalue weighted by molar-refractivity contribution is 7.22. The first-order valence-electron chi connectivity index (χ1n) is 9.49. The minimum absolute atomic E-state index is 0. The molecule has 2 aromatic carbocycles. The van der Waals surface area contributed by atoms with Crippen molar-refractivity contribution in [1.29, 1.82) is 0 Å². The molecular weight excluding hydrogens is 422 g/mol. The molecule has 0 saturated heterocycles. The molecule has 0 N–H and O–H groups in total. The van der Waals surface area contributed by atoms with E-state index >= 15 is 0 Å². The second kappa shape index (κ2) is 10.6. The first-order valence-corrected chi connectivity index (χ1v) is 10.3. The van der Waals surface area contributed by atoms with Crippen molar-refractivity contribution in [2.45, 2.75) is 13.3 Å². The number of amides is 1. The SMILES string of the molecule is COc1ccc(C(=O)N(CCCN(C)C)c2nc3c(OC)ccc(C)c3s2)cc1.Cl. The molecule has 1 aromatic heterocycles. The lowest BCUT2D eigenvalue weighted by molar-refractivity contribution is 0.0986.